The number of nitrogens with zero attached hydrogens (tertiary/aromatic N) is 1. The second-order valence-electron chi connectivity index (χ2n) is 5.16. The summed E-state index contributed by atoms with van der Waals surface area (Å²) in [4.78, 5) is 0.124. The van der Waals surface area contributed by atoms with Crippen molar-refractivity contribution in [2.75, 3.05) is 10.8 Å². The minimum Gasteiger partial charge on any atom is -0.508 e. The largest absolute Gasteiger partial charge is 0.508 e. The van der Waals surface area contributed by atoms with Crippen molar-refractivity contribution in [1.29, 1.82) is 0 Å². The number of benzene rings is 2. The lowest BCUT2D eigenvalue weighted by atomic mass is 10.1. The Morgan fingerprint density at radius 1 is 1.00 bits per heavy atom. The van der Waals surface area contributed by atoms with Crippen LogP contribution in [0.25, 0.3) is 0 Å². The van der Waals surface area contributed by atoms with E-state index in [2.05, 4.69) is 0 Å². The molecule has 0 bridgehead atoms. The van der Waals surface area contributed by atoms with Crippen LogP contribution < -0.4 is 4.31 Å². The van der Waals surface area contributed by atoms with Crippen molar-refractivity contribution in [3.8, 4) is 5.75 Å². The number of phenolic OH excluding ortho intramolecular Hbond substituents is 1. The second-order valence-corrected chi connectivity index (χ2v) is 7.02. The molecule has 4 nitrogen and oxygen atoms in total. The minimum atomic E-state index is -3.65. The standard InChI is InChI=1S/C16H17NO3S/c18-14-8-5-9-15(12-14)21(19,20)17-11-4-3-7-13-6-1-2-10-16(13)17/h1-2,5-6,8-10,12,18H,3-4,7,11H2. The van der Waals surface area contributed by atoms with Crippen molar-refractivity contribution in [1.82, 2.24) is 0 Å². The molecule has 110 valence electrons. The van der Waals surface area contributed by atoms with Crippen molar-refractivity contribution < 1.29 is 13.5 Å². The van der Waals surface area contributed by atoms with Crippen LogP contribution >= 0.6 is 0 Å². The molecule has 1 aliphatic rings. The molecule has 1 aliphatic heterocycles. The van der Waals surface area contributed by atoms with Gasteiger partial charge in [-0.25, -0.2) is 8.42 Å². The van der Waals surface area contributed by atoms with Gasteiger partial charge >= 0.3 is 0 Å². The van der Waals surface area contributed by atoms with E-state index in [4.69, 9.17) is 0 Å². The van der Waals surface area contributed by atoms with E-state index in [-0.39, 0.29) is 10.6 Å². The van der Waals surface area contributed by atoms with Gasteiger partial charge in [0.25, 0.3) is 10.0 Å². The number of phenols is 1. The van der Waals surface area contributed by atoms with E-state index in [1.807, 2.05) is 24.3 Å². The zero-order valence-corrected chi connectivity index (χ0v) is 12.4. The monoisotopic (exact) mass is 303 g/mol. The molecule has 1 heterocycles. The highest BCUT2D eigenvalue weighted by molar-refractivity contribution is 7.92. The lowest BCUT2D eigenvalue weighted by Crippen LogP contribution is -2.31. The summed E-state index contributed by atoms with van der Waals surface area (Å²) >= 11 is 0. The molecule has 21 heavy (non-hydrogen) atoms. The predicted molar refractivity (Wildman–Crippen MR) is 82.0 cm³/mol. The molecule has 0 unspecified atom stereocenters. The molecule has 0 fully saturated rings. The Morgan fingerprint density at radius 2 is 1.81 bits per heavy atom. The predicted octanol–water partition coefficient (Wildman–Crippen LogP) is 2.92. The third-order valence-electron chi connectivity index (χ3n) is 3.72. The Balaban J connectivity index is 2.11. The Labute approximate surface area is 124 Å². The molecular formula is C16H17NO3S. The van der Waals surface area contributed by atoms with Crippen LogP contribution in [-0.4, -0.2) is 20.1 Å². The van der Waals surface area contributed by atoms with Gasteiger partial charge in [-0.3, -0.25) is 4.31 Å². The number of hydrogen-bond donors (Lipinski definition) is 1. The quantitative estimate of drug-likeness (QED) is 0.928. The van der Waals surface area contributed by atoms with Gasteiger partial charge in [0.05, 0.1) is 10.6 Å². The maximum Gasteiger partial charge on any atom is 0.264 e. The first-order valence-corrected chi connectivity index (χ1v) is 8.43. The van der Waals surface area contributed by atoms with E-state index < -0.39 is 10.0 Å². The van der Waals surface area contributed by atoms with E-state index in [9.17, 15) is 13.5 Å². The number of para-hydroxylation sites is 1. The van der Waals surface area contributed by atoms with Crippen LogP contribution in [0, 0.1) is 0 Å². The highest BCUT2D eigenvalue weighted by Gasteiger charge is 2.27. The van der Waals surface area contributed by atoms with E-state index >= 15 is 0 Å². The van der Waals surface area contributed by atoms with E-state index in [1.54, 1.807) is 6.07 Å². The Hall–Kier alpha value is -2.01. The molecule has 0 spiro atoms. The molecule has 2 aromatic carbocycles. The van der Waals surface area contributed by atoms with Crippen LogP contribution in [0.3, 0.4) is 0 Å². The average molecular weight is 303 g/mol. The maximum absolute atomic E-state index is 12.9. The molecule has 0 aliphatic carbocycles. The molecular weight excluding hydrogens is 286 g/mol. The molecule has 0 aromatic heterocycles. The lowest BCUT2D eigenvalue weighted by molar-refractivity contribution is 0.473. The molecule has 0 amide bonds. The molecule has 0 saturated carbocycles. The van der Waals surface area contributed by atoms with Gasteiger partial charge in [-0.1, -0.05) is 24.3 Å². The summed E-state index contributed by atoms with van der Waals surface area (Å²) in [5.41, 5.74) is 1.80. The van der Waals surface area contributed by atoms with Crippen LogP contribution in [-0.2, 0) is 16.4 Å². The fraction of sp³-hybridized carbons (Fsp3) is 0.250. The molecule has 2 aromatic rings. The number of anilines is 1. The number of sulfonamides is 1. The summed E-state index contributed by atoms with van der Waals surface area (Å²) < 4.78 is 27.2. The van der Waals surface area contributed by atoms with E-state index in [0.29, 0.717) is 6.54 Å². The fourth-order valence-corrected chi connectivity index (χ4v) is 4.26. The first-order valence-electron chi connectivity index (χ1n) is 6.99. The Morgan fingerprint density at radius 3 is 2.62 bits per heavy atom. The SMILES string of the molecule is O=S(=O)(c1cccc(O)c1)N1CCCCc2ccccc21. The fourth-order valence-electron chi connectivity index (χ4n) is 2.68. The van der Waals surface area contributed by atoms with Crippen molar-refractivity contribution in [3.05, 3.63) is 54.1 Å². The normalized spacial score (nSPS) is 15.3. The molecule has 3 rings (SSSR count). The van der Waals surface area contributed by atoms with E-state index in [1.165, 1.54) is 22.5 Å². The first-order chi connectivity index (χ1) is 10.1. The smallest absolute Gasteiger partial charge is 0.264 e. The number of hydrogen-bond acceptors (Lipinski definition) is 3. The molecule has 0 radical (unpaired) electrons. The Bertz CT molecular complexity index is 756. The van der Waals surface area contributed by atoms with Gasteiger partial charge < -0.3 is 5.11 Å². The molecule has 0 saturated heterocycles. The van der Waals surface area contributed by atoms with Gasteiger partial charge in [0.1, 0.15) is 5.75 Å². The highest BCUT2D eigenvalue weighted by Crippen LogP contribution is 2.31. The van der Waals surface area contributed by atoms with Crippen molar-refractivity contribution in [3.63, 3.8) is 0 Å². The van der Waals surface area contributed by atoms with Gasteiger partial charge in [0.15, 0.2) is 0 Å². The first kappa shape index (κ1) is 13.9. The number of aromatic hydroxyl groups is 1. The van der Waals surface area contributed by atoms with Gasteiger partial charge in [-0.05, 0) is 43.0 Å². The number of fused-ring (bicyclic) bond motifs is 1. The molecule has 1 N–H and O–H groups in total. The van der Waals surface area contributed by atoms with E-state index in [0.717, 1.165) is 30.5 Å². The van der Waals surface area contributed by atoms with Crippen LogP contribution in [0.1, 0.15) is 18.4 Å². The summed E-state index contributed by atoms with van der Waals surface area (Å²) in [6, 6.07) is 13.4. The summed E-state index contributed by atoms with van der Waals surface area (Å²) in [7, 11) is -3.65. The molecule has 0 atom stereocenters. The summed E-state index contributed by atoms with van der Waals surface area (Å²) in [6.07, 6.45) is 2.69. The minimum absolute atomic E-state index is 0.0424. The number of rotatable bonds is 2. The van der Waals surface area contributed by atoms with Crippen LogP contribution in [0.4, 0.5) is 5.69 Å². The second kappa shape index (κ2) is 5.41. The van der Waals surface area contributed by atoms with Crippen LogP contribution in [0.15, 0.2) is 53.4 Å². The van der Waals surface area contributed by atoms with Crippen LogP contribution in [0.2, 0.25) is 0 Å². The Kier molecular flexibility index (Phi) is 3.59. The zero-order valence-electron chi connectivity index (χ0n) is 11.6. The van der Waals surface area contributed by atoms with Gasteiger partial charge in [-0.2, -0.15) is 0 Å². The number of aryl methyl sites for hydroxylation is 1. The van der Waals surface area contributed by atoms with Gasteiger partial charge in [0.2, 0.25) is 0 Å². The van der Waals surface area contributed by atoms with Crippen LogP contribution in [0.5, 0.6) is 5.75 Å². The lowest BCUT2D eigenvalue weighted by Gasteiger charge is -2.24. The summed E-state index contributed by atoms with van der Waals surface area (Å²) in [5, 5.41) is 9.54. The topological polar surface area (TPSA) is 57.6 Å². The third-order valence-corrected chi connectivity index (χ3v) is 5.53. The summed E-state index contributed by atoms with van der Waals surface area (Å²) in [5.74, 6) is -0.0424. The highest BCUT2D eigenvalue weighted by atomic mass is 32.2. The van der Waals surface area contributed by atoms with Crippen molar-refractivity contribution in [2.45, 2.75) is 24.2 Å². The molecule has 5 heteroatoms. The van der Waals surface area contributed by atoms with Crippen molar-refractivity contribution >= 4 is 15.7 Å². The average Bonchev–Trinajstić information content (AvgIpc) is 2.70. The van der Waals surface area contributed by atoms with Crippen molar-refractivity contribution in [2.24, 2.45) is 0 Å². The third kappa shape index (κ3) is 2.61. The van der Waals surface area contributed by atoms with Gasteiger partial charge in [0, 0.05) is 12.6 Å². The zero-order chi connectivity index (χ0) is 14.9. The van der Waals surface area contributed by atoms with Gasteiger partial charge in [-0.15, -0.1) is 0 Å². The maximum atomic E-state index is 12.9. The summed E-state index contributed by atoms with van der Waals surface area (Å²) in [6.45, 7) is 0.467.